The van der Waals surface area contributed by atoms with E-state index in [1.807, 2.05) is 32.9 Å². The molecular formula is C20H19FN4O3S. The van der Waals surface area contributed by atoms with E-state index in [9.17, 15) is 13.4 Å². The van der Waals surface area contributed by atoms with Crippen molar-refractivity contribution in [3.05, 3.63) is 76.9 Å². The Morgan fingerprint density at radius 2 is 1.83 bits per heavy atom. The monoisotopic (exact) mass is 414 g/mol. The molecule has 3 aromatic rings. The number of pyridine rings is 2. The minimum Gasteiger partial charge on any atom is -0.438 e. The molecule has 0 saturated carbocycles. The smallest absolute Gasteiger partial charge is 0.269 e. The molecule has 0 aliphatic heterocycles. The highest BCUT2D eigenvalue weighted by Crippen LogP contribution is 2.30. The number of carbonyl (C=O) groups excluding carboxylic acids is 1. The fourth-order valence-corrected chi connectivity index (χ4v) is 3.82. The van der Waals surface area contributed by atoms with Gasteiger partial charge >= 0.3 is 0 Å². The molecule has 0 saturated heterocycles. The van der Waals surface area contributed by atoms with Gasteiger partial charge in [-0.3, -0.25) is 9.52 Å². The lowest BCUT2D eigenvalue weighted by atomic mass is 10.1. The average molecular weight is 414 g/mol. The van der Waals surface area contributed by atoms with Crippen LogP contribution in [0.4, 0.5) is 4.39 Å². The molecule has 1 aromatic carbocycles. The number of rotatable bonds is 5. The first-order valence-corrected chi connectivity index (χ1v) is 10.2. The van der Waals surface area contributed by atoms with Gasteiger partial charge in [0, 0.05) is 6.20 Å². The van der Waals surface area contributed by atoms with Crippen LogP contribution in [0, 0.1) is 31.5 Å². The number of benzene rings is 1. The zero-order valence-corrected chi connectivity index (χ0v) is 16.8. The van der Waals surface area contributed by atoms with Gasteiger partial charge in [-0.2, -0.15) is 4.39 Å². The van der Waals surface area contributed by atoms with E-state index in [4.69, 9.17) is 9.52 Å². The van der Waals surface area contributed by atoms with Gasteiger partial charge in [0.2, 0.25) is 11.8 Å². The Kier molecular flexibility index (Phi) is 5.60. The lowest BCUT2D eigenvalue weighted by molar-refractivity contribution is 0.0979. The van der Waals surface area contributed by atoms with Gasteiger partial charge in [-0.05, 0) is 56.2 Å². The Bertz CT molecular complexity index is 1170. The lowest BCUT2D eigenvalue weighted by Gasteiger charge is -2.15. The van der Waals surface area contributed by atoms with Crippen molar-refractivity contribution in [1.29, 1.82) is 4.78 Å². The van der Waals surface area contributed by atoms with Gasteiger partial charge < -0.3 is 4.74 Å². The molecule has 0 aliphatic carbocycles. The molecule has 2 heterocycles. The highest BCUT2D eigenvalue weighted by molar-refractivity contribution is 7.91. The normalized spacial score (nSPS) is 12.8. The standard InChI is InChI=1S/C20H19FN4O3S/c1-12-10-13(2)18(14(3)11-12)28-20-15(6-5-9-23-20)19(26)25-29(22,27)17-8-4-7-16(21)24-17/h4-11H,1-3H3,(H2,22,25,26,27). The van der Waals surface area contributed by atoms with Crippen molar-refractivity contribution in [3.8, 4) is 11.6 Å². The zero-order chi connectivity index (χ0) is 21.2. The van der Waals surface area contributed by atoms with Crippen LogP contribution in [0.2, 0.25) is 0 Å². The van der Waals surface area contributed by atoms with Crippen molar-refractivity contribution in [2.45, 2.75) is 25.8 Å². The molecule has 2 aromatic heterocycles. The first-order valence-electron chi connectivity index (χ1n) is 8.61. The van der Waals surface area contributed by atoms with Crippen LogP contribution in [0.25, 0.3) is 0 Å². The predicted octanol–water partition coefficient (Wildman–Crippen LogP) is 4.08. The third-order valence-corrected chi connectivity index (χ3v) is 5.33. The first-order chi connectivity index (χ1) is 13.7. The second-order valence-electron chi connectivity index (χ2n) is 6.47. The first kappa shape index (κ1) is 20.4. The SMILES string of the molecule is Cc1cc(C)c(Oc2ncccc2C(=O)NS(=N)(=O)c2cccc(F)n2)c(C)c1. The quantitative estimate of drug-likeness (QED) is 0.612. The fraction of sp³-hybridized carbons (Fsp3) is 0.150. The molecule has 2 N–H and O–H groups in total. The van der Waals surface area contributed by atoms with Crippen molar-refractivity contribution >= 4 is 15.8 Å². The van der Waals surface area contributed by atoms with E-state index in [2.05, 4.69) is 14.7 Å². The molecular weight excluding hydrogens is 395 g/mol. The maximum absolute atomic E-state index is 13.3. The number of amides is 1. The van der Waals surface area contributed by atoms with Crippen LogP contribution < -0.4 is 9.46 Å². The van der Waals surface area contributed by atoms with Crippen LogP contribution in [0.5, 0.6) is 11.6 Å². The summed E-state index contributed by atoms with van der Waals surface area (Å²) in [5, 5.41) is -0.387. The van der Waals surface area contributed by atoms with E-state index in [1.165, 1.54) is 30.5 Å². The van der Waals surface area contributed by atoms with Gasteiger partial charge in [0.25, 0.3) is 5.91 Å². The van der Waals surface area contributed by atoms with E-state index < -0.39 is 21.8 Å². The van der Waals surface area contributed by atoms with Crippen molar-refractivity contribution in [2.75, 3.05) is 0 Å². The van der Waals surface area contributed by atoms with Gasteiger partial charge in [-0.25, -0.2) is 19.0 Å². The number of aryl methyl sites for hydroxylation is 3. The molecule has 0 bridgehead atoms. The van der Waals surface area contributed by atoms with E-state index in [1.54, 1.807) is 0 Å². The Balaban J connectivity index is 1.92. The second kappa shape index (κ2) is 7.96. The molecule has 1 amide bonds. The summed E-state index contributed by atoms with van der Waals surface area (Å²) in [5.41, 5.74) is 2.80. The summed E-state index contributed by atoms with van der Waals surface area (Å²) in [5.74, 6) is -1.18. The number of hydrogen-bond donors (Lipinski definition) is 2. The van der Waals surface area contributed by atoms with Crippen LogP contribution in [0.15, 0.2) is 53.7 Å². The highest BCUT2D eigenvalue weighted by atomic mass is 32.2. The zero-order valence-electron chi connectivity index (χ0n) is 16.0. The molecule has 0 aliphatic rings. The molecule has 0 fully saturated rings. The van der Waals surface area contributed by atoms with Gasteiger partial charge in [0.05, 0.1) is 0 Å². The Morgan fingerprint density at radius 1 is 1.14 bits per heavy atom. The van der Waals surface area contributed by atoms with Crippen LogP contribution in [0.3, 0.4) is 0 Å². The van der Waals surface area contributed by atoms with Gasteiger partial charge in [0.15, 0.2) is 14.9 Å². The summed E-state index contributed by atoms with van der Waals surface area (Å²) < 4.78 is 41.8. The Hall–Kier alpha value is -3.33. The Morgan fingerprint density at radius 3 is 2.48 bits per heavy atom. The van der Waals surface area contributed by atoms with E-state index in [0.29, 0.717) is 5.75 Å². The summed E-state index contributed by atoms with van der Waals surface area (Å²) in [6.07, 6.45) is 1.46. The van der Waals surface area contributed by atoms with Crippen LogP contribution in [-0.4, -0.2) is 20.1 Å². The maximum Gasteiger partial charge on any atom is 0.269 e. The van der Waals surface area contributed by atoms with Gasteiger partial charge in [-0.1, -0.05) is 23.8 Å². The van der Waals surface area contributed by atoms with Crippen LogP contribution in [-0.2, 0) is 9.92 Å². The predicted molar refractivity (Wildman–Crippen MR) is 106 cm³/mol. The number of ether oxygens (including phenoxy) is 1. The Labute approximate surface area is 168 Å². The molecule has 9 heteroatoms. The van der Waals surface area contributed by atoms with Crippen LogP contribution in [0.1, 0.15) is 27.0 Å². The number of halogens is 1. The molecule has 150 valence electrons. The van der Waals surface area contributed by atoms with Gasteiger partial charge in [-0.15, -0.1) is 0 Å². The molecule has 1 atom stereocenters. The van der Waals surface area contributed by atoms with Crippen molar-refractivity contribution in [3.63, 3.8) is 0 Å². The molecule has 0 radical (unpaired) electrons. The minimum atomic E-state index is -3.88. The van der Waals surface area contributed by atoms with Gasteiger partial charge in [0.1, 0.15) is 11.3 Å². The number of carbonyl (C=O) groups is 1. The van der Waals surface area contributed by atoms with Crippen molar-refractivity contribution in [1.82, 2.24) is 14.7 Å². The third-order valence-electron chi connectivity index (χ3n) is 4.04. The van der Waals surface area contributed by atoms with Crippen molar-refractivity contribution < 1.29 is 18.1 Å². The van der Waals surface area contributed by atoms with E-state index in [0.717, 1.165) is 22.8 Å². The summed E-state index contributed by atoms with van der Waals surface area (Å²) in [6, 6.07) is 10.4. The third kappa shape index (κ3) is 4.57. The molecule has 3 rings (SSSR count). The fourth-order valence-electron chi connectivity index (χ4n) is 2.86. The highest BCUT2D eigenvalue weighted by Gasteiger charge is 2.21. The summed E-state index contributed by atoms with van der Waals surface area (Å²) >= 11 is 0. The average Bonchev–Trinajstić information content (AvgIpc) is 2.64. The maximum atomic E-state index is 13.3. The van der Waals surface area contributed by atoms with Crippen molar-refractivity contribution in [2.24, 2.45) is 0 Å². The summed E-state index contributed by atoms with van der Waals surface area (Å²) in [6.45, 7) is 5.73. The van der Waals surface area contributed by atoms with Crippen LogP contribution >= 0.6 is 0 Å². The number of aromatic nitrogens is 2. The van der Waals surface area contributed by atoms with E-state index in [-0.39, 0.29) is 16.5 Å². The topological polar surface area (TPSA) is 105 Å². The largest absolute Gasteiger partial charge is 0.438 e. The number of hydrogen-bond acceptors (Lipinski definition) is 6. The summed E-state index contributed by atoms with van der Waals surface area (Å²) in [4.78, 5) is 20.2. The number of nitrogens with zero attached hydrogens (tertiary/aromatic N) is 2. The molecule has 1 unspecified atom stereocenters. The number of nitrogens with one attached hydrogen (secondary N) is 2. The minimum absolute atomic E-state index is 0.00227. The molecule has 29 heavy (non-hydrogen) atoms. The molecule has 0 spiro atoms. The summed E-state index contributed by atoms with van der Waals surface area (Å²) in [7, 11) is -3.88. The molecule has 7 nitrogen and oxygen atoms in total. The van der Waals surface area contributed by atoms with E-state index >= 15 is 0 Å². The second-order valence-corrected chi connectivity index (χ2v) is 8.21. The lowest BCUT2D eigenvalue weighted by Crippen LogP contribution is -2.30.